The van der Waals surface area contributed by atoms with E-state index in [0.717, 1.165) is 17.0 Å². The van der Waals surface area contributed by atoms with Crippen LogP contribution in [-0.4, -0.2) is 30.4 Å². The molecule has 0 N–H and O–H groups in total. The molecule has 0 saturated heterocycles. The molecule has 2 unspecified atom stereocenters. The minimum absolute atomic E-state index is 0.150. The van der Waals surface area contributed by atoms with Crippen molar-refractivity contribution in [3.63, 3.8) is 0 Å². The van der Waals surface area contributed by atoms with E-state index in [1.165, 1.54) is 25.7 Å². The summed E-state index contributed by atoms with van der Waals surface area (Å²) in [5.41, 5.74) is 0.150. The van der Waals surface area contributed by atoms with Crippen molar-refractivity contribution in [1.82, 2.24) is 0 Å². The van der Waals surface area contributed by atoms with Crippen molar-refractivity contribution in [3.05, 3.63) is 0 Å². The first-order valence-corrected chi connectivity index (χ1v) is 6.94. The third-order valence-electron chi connectivity index (χ3n) is 2.99. The van der Waals surface area contributed by atoms with Crippen molar-refractivity contribution < 1.29 is 9.47 Å². The molecule has 0 aromatic carbocycles. The Morgan fingerprint density at radius 3 is 2.79 bits per heavy atom. The maximum absolute atomic E-state index is 6.00. The van der Waals surface area contributed by atoms with Gasteiger partial charge in [-0.05, 0) is 18.8 Å². The normalized spacial score (nSPS) is 33.2. The third-order valence-corrected chi connectivity index (χ3v) is 4.38. The Bertz CT molecular complexity index is 163. The molecule has 84 valence electrons. The van der Waals surface area contributed by atoms with Crippen LogP contribution in [0.3, 0.4) is 0 Å². The van der Waals surface area contributed by atoms with Crippen LogP contribution in [0.4, 0.5) is 0 Å². The Morgan fingerprint density at radius 2 is 2.21 bits per heavy atom. The summed E-state index contributed by atoms with van der Waals surface area (Å²) >= 11 is 2.46. The fourth-order valence-electron chi connectivity index (χ4n) is 2.24. The first-order chi connectivity index (χ1) is 6.72. The summed E-state index contributed by atoms with van der Waals surface area (Å²) in [7, 11) is 1.73. The highest BCUT2D eigenvalue weighted by molar-refractivity contribution is 14.1. The fourth-order valence-corrected chi connectivity index (χ4v) is 3.16. The van der Waals surface area contributed by atoms with Crippen molar-refractivity contribution in [2.75, 3.05) is 24.8 Å². The molecule has 2 atom stereocenters. The monoisotopic (exact) mass is 312 g/mol. The van der Waals surface area contributed by atoms with E-state index in [1.807, 2.05) is 0 Å². The highest BCUT2D eigenvalue weighted by Crippen LogP contribution is 2.36. The van der Waals surface area contributed by atoms with Crippen LogP contribution >= 0.6 is 22.6 Å². The van der Waals surface area contributed by atoms with Gasteiger partial charge in [0.1, 0.15) is 0 Å². The van der Waals surface area contributed by atoms with Gasteiger partial charge in [-0.25, -0.2) is 0 Å². The van der Waals surface area contributed by atoms with Crippen molar-refractivity contribution in [2.24, 2.45) is 5.92 Å². The van der Waals surface area contributed by atoms with Crippen molar-refractivity contribution >= 4 is 22.6 Å². The molecule has 0 amide bonds. The van der Waals surface area contributed by atoms with Crippen molar-refractivity contribution in [3.8, 4) is 0 Å². The van der Waals surface area contributed by atoms with E-state index >= 15 is 0 Å². The van der Waals surface area contributed by atoms with Crippen molar-refractivity contribution in [1.29, 1.82) is 0 Å². The summed E-state index contributed by atoms with van der Waals surface area (Å²) in [6, 6.07) is 0. The lowest BCUT2D eigenvalue weighted by atomic mass is 9.80. The summed E-state index contributed by atoms with van der Waals surface area (Å²) in [5, 5.41) is 0. The zero-order valence-corrected chi connectivity index (χ0v) is 11.4. The first kappa shape index (κ1) is 12.7. The predicted molar refractivity (Wildman–Crippen MR) is 67.1 cm³/mol. The summed E-state index contributed by atoms with van der Waals surface area (Å²) in [4.78, 5) is 0. The van der Waals surface area contributed by atoms with E-state index in [9.17, 15) is 0 Å². The molecule has 0 aromatic heterocycles. The molecule has 0 radical (unpaired) electrons. The van der Waals surface area contributed by atoms with E-state index in [4.69, 9.17) is 9.47 Å². The Balaban J connectivity index is 2.39. The second-order valence-electron chi connectivity index (χ2n) is 4.36. The summed E-state index contributed by atoms with van der Waals surface area (Å²) in [5.74, 6) is 0.820. The Hall–Kier alpha value is 0.650. The maximum atomic E-state index is 6.00. The van der Waals surface area contributed by atoms with Crippen LogP contribution in [0.25, 0.3) is 0 Å². The van der Waals surface area contributed by atoms with E-state index < -0.39 is 0 Å². The number of rotatable bonds is 5. The lowest BCUT2D eigenvalue weighted by Crippen LogP contribution is -2.40. The zero-order valence-electron chi connectivity index (χ0n) is 9.22. The summed E-state index contributed by atoms with van der Waals surface area (Å²) in [6.07, 6.45) is 5.13. The Morgan fingerprint density at radius 1 is 1.43 bits per heavy atom. The van der Waals surface area contributed by atoms with Gasteiger partial charge < -0.3 is 9.47 Å². The molecule has 0 aromatic rings. The topological polar surface area (TPSA) is 18.5 Å². The molecule has 3 heteroatoms. The number of hydrogen-bond acceptors (Lipinski definition) is 2. The largest absolute Gasteiger partial charge is 0.382 e. The third kappa shape index (κ3) is 3.66. The van der Waals surface area contributed by atoms with Gasteiger partial charge in [0.15, 0.2) is 0 Å². The number of halogens is 1. The molecule has 0 spiro atoms. The number of methoxy groups -OCH3 is 1. The molecule has 14 heavy (non-hydrogen) atoms. The maximum Gasteiger partial charge on any atom is 0.0775 e. The quantitative estimate of drug-likeness (QED) is 0.441. The van der Waals surface area contributed by atoms with Crippen molar-refractivity contribution in [2.45, 2.75) is 38.2 Å². The lowest BCUT2D eigenvalue weighted by molar-refractivity contribution is -0.0760. The Kier molecular flexibility index (Phi) is 5.71. The molecule has 1 aliphatic rings. The highest BCUT2D eigenvalue weighted by Gasteiger charge is 2.34. The molecular weight excluding hydrogens is 291 g/mol. The van der Waals surface area contributed by atoms with Crippen LogP contribution < -0.4 is 0 Å². The average Bonchev–Trinajstić information content (AvgIpc) is 2.18. The second kappa shape index (κ2) is 6.28. The van der Waals surface area contributed by atoms with Gasteiger partial charge in [0.25, 0.3) is 0 Å². The van der Waals surface area contributed by atoms with E-state index in [-0.39, 0.29) is 5.60 Å². The van der Waals surface area contributed by atoms with Gasteiger partial charge in [0, 0.05) is 11.5 Å². The molecule has 2 nitrogen and oxygen atoms in total. The minimum atomic E-state index is 0.150. The van der Waals surface area contributed by atoms with Crippen LogP contribution in [-0.2, 0) is 9.47 Å². The molecule has 0 aliphatic heterocycles. The fraction of sp³-hybridized carbons (Fsp3) is 1.00. The molecule has 0 bridgehead atoms. The lowest BCUT2D eigenvalue weighted by Gasteiger charge is -2.38. The minimum Gasteiger partial charge on any atom is -0.382 e. The molecule has 1 saturated carbocycles. The van der Waals surface area contributed by atoms with E-state index in [0.29, 0.717) is 6.61 Å². The van der Waals surface area contributed by atoms with Crippen LogP contribution in [0.1, 0.15) is 32.6 Å². The highest BCUT2D eigenvalue weighted by atomic mass is 127. The van der Waals surface area contributed by atoms with Gasteiger partial charge in [-0.3, -0.25) is 0 Å². The molecule has 1 fully saturated rings. The van der Waals surface area contributed by atoms with Gasteiger partial charge in [-0.1, -0.05) is 42.4 Å². The smallest absolute Gasteiger partial charge is 0.0775 e. The van der Waals surface area contributed by atoms with E-state index in [1.54, 1.807) is 7.11 Å². The predicted octanol–water partition coefficient (Wildman–Crippen LogP) is 3.03. The van der Waals surface area contributed by atoms with Crippen LogP contribution in [0.2, 0.25) is 0 Å². The zero-order chi connectivity index (χ0) is 10.4. The van der Waals surface area contributed by atoms with Gasteiger partial charge in [0.05, 0.1) is 18.8 Å². The molecule has 1 rings (SSSR count). The summed E-state index contributed by atoms with van der Waals surface area (Å²) in [6.45, 7) is 3.79. The van der Waals surface area contributed by atoms with Gasteiger partial charge in [-0.2, -0.15) is 0 Å². The number of hydrogen-bond donors (Lipinski definition) is 0. The number of alkyl halides is 1. The number of ether oxygens (including phenoxy) is 2. The average molecular weight is 312 g/mol. The second-order valence-corrected chi connectivity index (χ2v) is 5.12. The SMILES string of the molecule is COCCOC1(CI)CCCC(C)C1. The van der Waals surface area contributed by atoms with Gasteiger partial charge in [0.2, 0.25) is 0 Å². The molecule has 0 heterocycles. The Labute approximate surface area is 101 Å². The molecular formula is C11H21IO2. The van der Waals surface area contributed by atoms with Crippen LogP contribution in [0.15, 0.2) is 0 Å². The molecule has 1 aliphatic carbocycles. The van der Waals surface area contributed by atoms with Crippen LogP contribution in [0.5, 0.6) is 0 Å². The summed E-state index contributed by atoms with van der Waals surface area (Å²) < 4.78 is 12.1. The van der Waals surface area contributed by atoms with Crippen LogP contribution in [0, 0.1) is 5.92 Å². The van der Waals surface area contributed by atoms with Gasteiger partial charge in [-0.15, -0.1) is 0 Å². The van der Waals surface area contributed by atoms with Gasteiger partial charge >= 0.3 is 0 Å². The van der Waals surface area contributed by atoms with E-state index in [2.05, 4.69) is 29.5 Å². The first-order valence-electron chi connectivity index (χ1n) is 5.41. The standard InChI is InChI=1S/C11H21IO2/c1-10-4-3-5-11(8-10,9-12)14-7-6-13-2/h10H,3-9H2,1-2H3.